The standard InChI is InChI=1S/C20H25ClN2O4/c1-25-18-12-14(11-15(21)19(18)26-2)20(24)22-13-16(17-7-6-10-27-17)23-8-4-3-5-9-23/h6-7,10-12,16H,3-5,8-9,13H2,1-2H3,(H,22,24)/p+1/t16-/m1/s1. The number of halogens is 1. The van der Waals surface area contributed by atoms with Gasteiger partial charge in [0, 0.05) is 5.56 Å². The molecule has 1 aromatic heterocycles. The van der Waals surface area contributed by atoms with Gasteiger partial charge < -0.3 is 24.1 Å². The highest BCUT2D eigenvalue weighted by molar-refractivity contribution is 6.32. The highest BCUT2D eigenvalue weighted by Gasteiger charge is 2.29. The molecule has 0 bridgehead atoms. The number of likely N-dealkylation sites (tertiary alicyclic amines) is 1. The van der Waals surface area contributed by atoms with Gasteiger partial charge in [-0.2, -0.15) is 0 Å². The Balaban J connectivity index is 1.73. The van der Waals surface area contributed by atoms with E-state index in [-0.39, 0.29) is 11.9 Å². The van der Waals surface area contributed by atoms with E-state index in [1.807, 2.05) is 12.1 Å². The van der Waals surface area contributed by atoms with Gasteiger partial charge in [-0.25, -0.2) is 0 Å². The van der Waals surface area contributed by atoms with Gasteiger partial charge in [0.25, 0.3) is 5.91 Å². The molecule has 1 saturated heterocycles. The summed E-state index contributed by atoms with van der Waals surface area (Å²) < 4.78 is 16.1. The van der Waals surface area contributed by atoms with Crippen LogP contribution in [0.5, 0.6) is 11.5 Å². The van der Waals surface area contributed by atoms with Crippen LogP contribution in [-0.2, 0) is 0 Å². The molecular weight excluding hydrogens is 368 g/mol. The number of nitrogens with one attached hydrogen (secondary N) is 2. The third-order valence-electron chi connectivity index (χ3n) is 5.04. The molecule has 0 saturated carbocycles. The predicted molar refractivity (Wildman–Crippen MR) is 103 cm³/mol. The first-order chi connectivity index (χ1) is 13.1. The summed E-state index contributed by atoms with van der Waals surface area (Å²) >= 11 is 6.22. The molecule has 2 aromatic rings. The van der Waals surface area contributed by atoms with Crippen molar-refractivity contribution in [2.75, 3.05) is 33.9 Å². The Labute approximate surface area is 164 Å². The number of methoxy groups -OCH3 is 2. The summed E-state index contributed by atoms with van der Waals surface area (Å²) in [6.45, 7) is 2.67. The minimum Gasteiger partial charge on any atom is -0.493 e. The summed E-state index contributed by atoms with van der Waals surface area (Å²) in [5, 5.41) is 3.36. The third-order valence-corrected chi connectivity index (χ3v) is 5.32. The second-order valence-corrected chi connectivity index (χ2v) is 7.10. The molecule has 0 unspecified atom stereocenters. The van der Waals surface area contributed by atoms with Crippen LogP contribution in [0.3, 0.4) is 0 Å². The van der Waals surface area contributed by atoms with Gasteiger partial charge in [-0.3, -0.25) is 4.79 Å². The van der Waals surface area contributed by atoms with E-state index in [9.17, 15) is 4.79 Å². The number of ether oxygens (including phenoxy) is 2. The van der Waals surface area contributed by atoms with Gasteiger partial charge in [0.15, 0.2) is 23.3 Å². The Morgan fingerprint density at radius 3 is 2.67 bits per heavy atom. The van der Waals surface area contributed by atoms with Gasteiger partial charge in [-0.05, 0) is 43.5 Å². The summed E-state index contributed by atoms with van der Waals surface area (Å²) in [5.41, 5.74) is 0.435. The summed E-state index contributed by atoms with van der Waals surface area (Å²) in [4.78, 5) is 14.2. The van der Waals surface area contributed by atoms with Gasteiger partial charge >= 0.3 is 0 Å². The Morgan fingerprint density at radius 1 is 1.26 bits per heavy atom. The maximum absolute atomic E-state index is 12.7. The number of benzene rings is 1. The highest BCUT2D eigenvalue weighted by atomic mass is 35.5. The van der Waals surface area contributed by atoms with Crippen molar-refractivity contribution in [3.05, 3.63) is 46.9 Å². The van der Waals surface area contributed by atoms with Crippen LogP contribution in [-0.4, -0.2) is 39.8 Å². The van der Waals surface area contributed by atoms with Crippen molar-refractivity contribution >= 4 is 17.5 Å². The van der Waals surface area contributed by atoms with E-state index in [1.54, 1.807) is 18.4 Å². The maximum atomic E-state index is 12.7. The fourth-order valence-corrected chi connectivity index (χ4v) is 3.92. The Hall–Kier alpha value is -2.18. The lowest BCUT2D eigenvalue weighted by Gasteiger charge is -2.30. The van der Waals surface area contributed by atoms with E-state index < -0.39 is 0 Å². The van der Waals surface area contributed by atoms with E-state index in [4.69, 9.17) is 25.5 Å². The average molecular weight is 394 g/mol. The first-order valence-corrected chi connectivity index (χ1v) is 9.59. The van der Waals surface area contributed by atoms with Gasteiger partial charge in [-0.15, -0.1) is 0 Å². The lowest BCUT2D eigenvalue weighted by atomic mass is 10.1. The molecule has 146 valence electrons. The van der Waals surface area contributed by atoms with E-state index in [0.29, 0.717) is 28.6 Å². The van der Waals surface area contributed by atoms with Gasteiger partial charge in [0.05, 0.1) is 45.1 Å². The van der Waals surface area contributed by atoms with Crippen LogP contribution in [0.4, 0.5) is 0 Å². The van der Waals surface area contributed by atoms with Crippen molar-refractivity contribution in [1.82, 2.24) is 5.32 Å². The SMILES string of the molecule is COc1cc(C(=O)NC[C@H](c2ccco2)[NH+]2CCCCC2)cc(Cl)c1OC. The Kier molecular flexibility index (Phi) is 6.63. The molecule has 1 aliphatic heterocycles. The number of hydrogen-bond donors (Lipinski definition) is 2. The molecule has 1 amide bonds. The molecule has 1 aromatic carbocycles. The van der Waals surface area contributed by atoms with E-state index in [1.165, 1.54) is 38.4 Å². The molecule has 1 atom stereocenters. The molecule has 0 aliphatic carbocycles. The smallest absolute Gasteiger partial charge is 0.251 e. The van der Waals surface area contributed by atoms with Crippen LogP contribution < -0.4 is 19.7 Å². The fraction of sp³-hybridized carbons (Fsp3) is 0.450. The molecular formula is C20H26ClN2O4+. The summed E-state index contributed by atoms with van der Waals surface area (Å²) in [7, 11) is 3.03. The molecule has 2 heterocycles. The lowest BCUT2D eigenvalue weighted by Crippen LogP contribution is -3.13. The number of amides is 1. The zero-order chi connectivity index (χ0) is 19.2. The van der Waals surface area contributed by atoms with Crippen LogP contribution >= 0.6 is 11.6 Å². The largest absolute Gasteiger partial charge is 0.493 e. The zero-order valence-corrected chi connectivity index (χ0v) is 16.5. The number of quaternary nitrogens is 1. The number of carbonyl (C=O) groups excluding carboxylic acids is 1. The quantitative estimate of drug-likeness (QED) is 0.758. The molecule has 1 fully saturated rings. The van der Waals surface area contributed by atoms with Crippen molar-refractivity contribution in [3.8, 4) is 11.5 Å². The van der Waals surface area contributed by atoms with Crippen LogP contribution in [0, 0.1) is 0 Å². The van der Waals surface area contributed by atoms with E-state index >= 15 is 0 Å². The number of rotatable bonds is 7. The fourth-order valence-electron chi connectivity index (χ4n) is 3.64. The molecule has 1 aliphatic rings. The van der Waals surface area contributed by atoms with E-state index in [0.717, 1.165) is 18.8 Å². The number of carbonyl (C=O) groups is 1. The minimum atomic E-state index is -0.203. The summed E-state index contributed by atoms with van der Waals surface area (Å²) in [6.07, 6.45) is 5.35. The van der Waals surface area contributed by atoms with Crippen molar-refractivity contribution in [2.45, 2.75) is 25.3 Å². The van der Waals surface area contributed by atoms with Crippen molar-refractivity contribution in [2.24, 2.45) is 0 Å². The Bertz CT molecular complexity index is 758. The molecule has 0 spiro atoms. The first kappa shape index (κ1) is 19.6. The van der Waals surface area contributed by atoms with Crippen molar-refractivity contribution < 1.29 is 23.6 Å². The molecule has 7 heteroatoms. The normalized spacial score (nSPS) is 16.0. The first-order valence-electron chi connectivity index (χ1n) is 9.21. The van der Waals surface area contributed by atoms with Crippen LogP contribution in [0.25, 0.3) is 0 Å². The summed E-state index contributed by atoms with van der Waals surface area (Å²) in [5.74, 6) is 1.55. The second kappa shape index (κ2) is 9.15. The zero-order valence-electron chi connectivity index (χ0n) is 15.7. The maximum Gasteiger partial charge on any atom is 0.251 e. The number of hydrogen-bond acceptors (Lipinski definition) is 4. The number of furan rings is 1. The summed E-state index contributed by atoms with van der Waals surface area (Å²) in [6, 6.07) is 7.19. The van der Waals surface area contributed by atoms with Crippen LogP contribution in [0.1, 0.15) is 41.4 Å². The molecule has 6 nitrogen and oxygen atoms in total. The molecule has 27 heavy (non-hydrogen) atoms. The highest BCUT2D eigenvalue weighted by Crippen LogP contribution is 2.35. The van der Waals surface area contributed by atoms with Crippen molar-refractivity contribution in [3.63, 3.8) is 0 Å². The van der Waals surface area contributed by atoms with Crippen LogP contribution in [0.2, 0.25) is 5.02 Å². The second-order valence-electron chi connectivity index (χ2n) is 6.69. The van der Waals surface area contributed by atoms with Gasteiger partial charge in [-0.1, -0.05) is 11.6 Å². The minimum absolute atomic E-state index is 0.0971. The Morgan fingerprint density at radius 2 is 2.04 bits per heavy atom. The predicted octanol–water partition coefficient (Wildman–Crippen LogP) is 2.49. The topological polar surface area (TPSA) is 65.1 Å². The third kappa shape index (κ3) is 4.57. The molecule has 3 rings (SSSR count). The average Bonchev–Trinajstić information content (AvgIpc) is 3.22. The van der Waals surface area contributed by atoms with Crippen molar-refractivity contribution in [1.29, 1.82) is 0 Å². The van der Waals surface area contributed by atoms with E-state index in [2.05, 4.69) is 5.32 Å². The van der Waals surface area contributed by atoms with Crippen LogP contribution in [0.15, 0.2) is 34.9 Å². The molecule has 0 radical (unpaired) electrons. The lowest BCUT2D eigenvalue weighted by molar-refractivity contribution is -0.936. The monoisotopic (exact) mass is 393 g/mol. The van der Waals surface area contributed by atoms with Gasteiger partial charge in [0.2, 0.25) is 0 Å². The van der Waals surface area contributed by atoms with Gasteiger partial charge in [0.1, 0.15) is 0 Å². The number of piperidine rings is 1. The molecule has 2 N–H and O–H groups in total.